The molecule has 0 aromatic carbocycles. The van der Waals surface area contributed by atoms with Crippen molar-refractivity contribution in [3.8, 4) is 0 Å². The average molecular weight is 223 g/mol. The number of thiophene rings is 1. The van der Waals surface area contributed by atoms with Crippen molar-refractivity contribution in [2.75, 3.05) is 13.1 Å². The van der Waals surface area contributed by atoms with Crippen LogP contribution in [0.25, 0.3) is 0 Å². The Labute approximate surface area is 96.9 Å². The highest BCUT2D eigenvalue weighted by Crippen LogP contribution is 2.36. The van der Waals surface area contributed by atoms with Gasteiger partial charge in [0.15, 0.2) is 0 Å². The van der Waals surface area contributed by atoms with Gasteiger partial charge in [-0.25, -0.2) is 0 Å². The summed E-state index contributed by atoms with van der Waals surface area (Å²) in [5.74, 6) is 2.48. The molecule has 1 saturated heterocycles. The first-order chi connectivity index (χ1) is 7.27. The second-order valence-electron chi connectivity index (χ2n) is 5.00. The van der Waals surface area contributed by atoms with Gasteiger partial charge in [-0.15, -0.1) is 11.3 Å². The molecule has 2 unspecified atom stereocenters. The SMILES string of the molecule is CC(C)CC1CNCCC1c1cccs1. The highest BCUT2D eigenvalue weighted by atomic mass is 32.1. The van der Waals surface area contributed by atoms with Crippen molar-refractivity contribution >= 4 is 11.3 Å². The van der Waals surface area contributed by atoms with Crippen LogP contribution >= 0.6 is 11.3 Å². The minimum absolute atomic E-state index is 0.814. The van der Waals surface area contributed by atoms with E-state index >= 15 is 0 Å². The summed E-state index contributed by atoms with van der Waals surface area (Å²) in [5, 5.41) is 5.75. The maximum absolute atomic E-state index is 3.54. The number of hydrogen-bond acceptors (Lipinski definition) is 2. The number of nitrogens with one attached hydrogen (secondary N) is 1. The van der Waals surface area contributed by atoms with Gasteiger partial charge in [-0.3, -0.25) is 0 Å². The molecule has 1 aliphatic rings. The molecule has 0 saturated carbocycles. The normalized spacial score (nSPS) is 27.1. The summed E-state index contributed by atoms with van der Waals surface area (Å²) in [6.07, 6.45) is 2.67. The molecule has 2 atom stereocenters. The fourth-order valence-corrected chi connectivity index (χ4v) is 3.61. The van der Waals surface area contributed by atoms with Crippen LogP contribution in [0.1, 0.15) is 37.5 Å². The van der Waals surface area contributed by atoms with E-state index in [1.807, 2.05) is 11.3 Å². The average Bonchev–Trinajstić information content (AvgIpc) is 2.70. The van der Waals surface area contributed by atoms with Gasteiger partial charge in [0.1, 0.15) is 0 Å². The zero-order valence-corrected chi connectivity index (χ0v) is 10.5. The third-order valence-corrected chi connectivity index (χ3v) is 4.29. The molecule has 1 aliphatic heterocycles. The Hall–Kier alpha value is -0.340. The zero-order valence-electron chi connectivity index (χ0n) is 9.70. The first-order valence-electron chi connectivity index (χ1n) is 6.01. The molecule has 0 radical (unpaired) electrons. The third-order valence-electron chi connectivity index (χ3n) is 3.29. The van der Waals surface area contributed by atoms with E-state index in [1.54, 1.807) is 4.88 Å². The Kier molecular flexibility index (Phi) is 3.81. The molecule has 1 aromatic rings. The Bertz CT molecular complexity index is 279. The zero-order chi connectivity index (χ0) is 10.7. The molecule has 0 amide bonds. The predicted octanol–water partition coefficient (Wildman–Crippen LogP) is 3.49. The first-order valence-corrected chi connectivity index (χ1v) is 6.89. The molecule has 2 rings (SSSR count). The third kappa shape index (κ3) is 2.82. The minimum atomic E-state index is 0.814. The summed E-state index contributed by atoms with van der Waals surface area (Å²) in [6, 6.07) is 4.50. The van der Waals surface area contributed by atoms with Crippen molar-refractivity contribution in [1.29, 1.82) is 0 Å². The molecule has 15 heavy (non-hydrogen) atoms. The van der Waals surface area contributed by atoms with Crippen molar-refractivity contribution in [2.24, 2.45) is 11.8 Å². The van der Waals surface area contributed by atoms with Crippen LogP contribution in [0.3, 0.4) is 0 Å². The monoisotopic (exact) mass is 223 g/mol. The summed E-state index contributed by atoms with van der Waals surface area (Å²) >= 11 is 1.93. The van der Waals surface area contributed by atoms with Crippen molar-refractivity contribution in [2.45, 2.75) is 32.6 Å². The smallest absolute Gasteiger partial charge is 0.00799 e. The van der Waals surface area contributed by atoms with Gasteiger partial charge in [-0.05, 0) is 55.1 Å². The van der Waals surface area contributed by atoms with Crippen molar-refractivity contribution in [1.82, 2.24) is 5.32 Å². The Balaban J connectivity index is 2.06. The van der Waals surface area contributed by atoms with Crippen LogP contribution in [0.4, 0.5) is 0 Å². The molecule has 84 valence electrons. The van der Waals surface area contributed by atoms with Gasteiger partial charge in [-0.1, -0.05) is 19.9 Å². The van der Waals surface area contributed by atoms with Gasteiger partial charge < -0.3 is 5.32 Å². The van der Waals surface area contributed by atoms with Gasteiger partial charge in [0.25, 0.3) is 0 Å². The fourth-order valence-electron chi connectivity index (χ4n) is 2.65. The van der Waals surface area contributed by atoms with Gasteiger partial charge >= 0.3 is 0 Å². The van der Waals surface area contributed by atoms with Crippen molar-refractivity contribution in [3.05, 3.63) is 22.4 Å². The van der Waals surface area contributed by atoms with E-state index in [9.17, 15) is 0 Å². The summed E-state index contributed by atoms with van der Waals surface area (Å²) in [5.41, 5.74) is 0. The van der Waals surface area contributed by atoms with Gasteiger partial charge in [0, 0.05) is 4.88 Å². The molecule has 1 aromatic heterocycles. The van der Waals surface area contributed by atoms with Crippen molar-refractivity contribution < 1.29 is 0 Å². The van der Waals surface area contributed by atoms with E-state index < -0.39 is 0 Å². The lowest BCUT2D eigenvalue weighted by Gasteiger charge is -2.32. The predicted molar refractivity (Wildman–Crippen MR) is 67.5 cm³/mol. The van der Waals surface area contributed by atoms with Crippen molar-refractivity contribution in [3.63, 3.8) is 0 Å². The Morgan fingerprint density at radius 1 is 1.53 bits per heavy atom. The molecule has 0 spiro atoms. The maximum Gasteiger partial charge on any atom is 0.00799 e. The lowest BCUT2D eigenvalue weighted by Crippen LogP contribution is -2.35. The van der Waals surface area contributed by atoms with Crippen LogP contribution < -0.4 is 5.32 Å². The largest absolute Gasteiger partial charge is 0.316 e. The molecular formula is C13H21NS. The highest BCUT2D eigenvalue weighted by Gasteiger charge is 2.27. The molecular weight excluding hydrogens is 202 g/mol. The number of hydrogen-bond donors (Lipinski definition) is 1. The molecule has 2 heterocycles. The highest BCUT2D eigenvalue weighted by molar-refractivity contribution is 7.10. The van der Waals surface area contributed by atoms with Crippen LogP contribution in [-0.2, 0) is 0 Å². The summed E-state index contributed by atoms with van der Waals surface area (Å²) in [6.45, 7) is 7.07. The quantitative estimate of drug-likeness (QED) is 0.827. The van der Waals surface area contributed by atoms with Gasteiger partial charge in [0.2, 0.25) is 0 Å². The maximum atomic E-state index is 3.54. The number of rotatable bonds is 3. The van der Waals surface area contributed by atoms with Crippen LogP contribution in [0, 0.1) is 11.8 Å². The van der Waals surface area contributed by atoms with E-state index in [0.29, 0.717) is 0 Å². The van der Waals surface area contributed by atoms with E-state index in [1.165, 1.54) is 25.9 Å². The van der Waals surface area contributed by atoms with E-state index in [0.717, 1.165) is 17.8 Å². The summed E-state index contributed by atoms with van der Waals surface area (Å²) in [7, 11) is 0. The number of piperidine rings is 1. The molecule has 0 bridgehead atoms. The van der Waals surface area contributed by atoms with Crippen LogP contribution in [0.2, 0.25) is 0 Å². The summed E-state index contributed by atoms with van der Waals surface area (Å²) < 4.78 is 0. The molecule has 1 nitrogen and oxygen atoms in total. The van der Waals surface area contributed by atoms with Crippen LogP contribution in [0.5, 0.6) is 0 Å². The lowest BCUT2D eigenvalue weighted by atomic mass is 9.80. The second-order valence-corrected chi connectivity index (χ2v) is 5.98. The lowest BCUT2D eigenvalue weighted by molar-refractivity contribution is 0.283. The van der Waals surface area contributed by atoms with Crippen LogP contribution in [-0.4, -0.2) is 13.1 Å². The molecule has 1 fully saturated rings. The summed E-state index contributed by atoms with van der Waals surface area (Å²) in [4.78, 5) is 1.60. The van der Waals surface area contributed by atoms with Gasteiger partial charge in [0.05, 0.1) is 0 Å². The van der Waals surface area contributed by atoms with E-state index in [4.69, 9.17) is 0 Å². The Morgan fingerprint density at radius 2 is 2.40 bits per heavy atom. The molecule has 1 N–H and O–H groups in total. The van der Waals surface area contributed by atoms with Crippen LogP contribution in [0.15, 0.2) is 17.5 Å². The second kappa shape index (κ2) is 5.13. The standard InChI is InChI=1S/C13H21NS/c1-10(2)8-11-9-14-6-5-12(11)13-4-3-7-15-13/h3-4,7,10-12,14H,5-6,8-9H2,1-2H3. The molecule has 2 heteroatoms. The van der Waals surface area contributed by atoms with E-state index in [-0.39, 0.29) is 0 Å². The van der Waals surface area contributed by atoms with E-state index in [2.05, 4.69) is 36.7 Å². The Morgan fingerprint density at radius 3 is 3.07 bits per heavy atom. The molecule has 0 aliphatic carbocycles. The fraction of sp³-hybridized carbons (Fsp3) is 0.692. The minimum Gasteiger partial charge on any atom is -0.316 e. The van der Waals surface area contributed by atoms with Gasteiger partial charge in [-0.2, -0.15) is 0 Å². The topological polar surface area (TPSA) is 12.0 Å². The first kappa shape index (κ1) is 11.2.